The highest BCUT2D eigenvalue weighted by Crippen LogP contribution is 2.08. The van der Waals surface area contributed by atoms with Gasteiger partial charge in [-0.15, -0.1) is 0 Å². The first-order valence-electron chi connectivity index (χ1n) is 6.15. The zero-order valence-electron chi connectivity index (χ0n) is 10.7. The highest BCUT2D eigenvalue weighted by molar-refractivity contribution is 5.73. The minimum atomic E-state index is -0.673. The van der Waals surface area contributed by atoms with Gasteiger partial charge in [0.05, 0.1) is 0 Å². The molecule has 2 aromatic carbocycles. The average Bonchev–Trinajstić information content (AvgIpc) is 2.45. The summed E-state index contributed by atoms with van der Waals surface area (Å²) in [5.41, 5.74) is 1.21. The Morgan fingerprint density at radius 1 is 0.950 bits per heavy atom. The number of amides is 2. The smallest absolute Gasteiger partial charge is 0.315 e. The Kier molecular flexibility index (Phi) is 4.65. The monoisotopic (exact) mass is 276 g/mol. The van der Waals surface area contributed by atoms with E-state index in [-0.39, 0.29) is 12.1 Å². The van der Waals surface area contributed by atoms with Crippen LogP contribution in [0.2, 0.25) is 0 Å². The summed E-state index contributed by atoms with van der Waals surface area (Å²) in [6.07, 6.45) is 0. The minimum Gasteiger partial charge on any atom is -0.334 e. The predicted octanol–water partition coefficient (Wildman–Crippen LogP) is 2.96. The van der Waals surface area contributed by atoms with Crippen LogP contribution in [0.3, 0.4) is 0 Å². The molecule has 104 valence electrons. The summed E-state index contributed by atoms with van der Waals surface area (Å²) in [5.74, 6) is -1.31. The van der Waals surface area contributed by atoms with E-state index in [0.717, 1.165) is 17.7 Å². The molecule has 0 unspecified atom stereocenters. The molecule has 0 radical (unpaired) electrons. The van der Waals surface area contributed by atoms with Crippen LogP contribution in [-0.4, -0.2) is 6.03 Å². The molecule has 2 amide bonds. The van der Waals surface area contributed by atoms with Gasteiger partial charge in [0.15, 0.2) is 0 Å². The summed E-state index contributed by atoms with van der Waals surface area (Å²) in [7, 11) is 0. The number of rotatable bonds is 4. The molecule has 0 atom stereocenters. The molecule has 0 bridgehead atoms. The number of nitrogens with one attached hydrogen (secondary N) is 2. The largest absolute Gasteiger partial charge is 0.334 e. The van der Waals surface area contributed by atoms with E-state index in [4.69, 9.17) is 0 Å². The summed E-state index contributed by atoms with van der Waals surface area (Å²) in [5, 5.41) is 5.17. The van der Waals surface area contributed by atoms with Crippen LogP contribution >= 0.6 is 0 Å². The molecule has 0 aliphatic carbocycles. The average molecular weight is 276 g/mol. The molecule has 2 rings (SSSR count). The third-order valence-electron chi connectivity index (χ3n) is 2.75. The maximum atomic E-state index is 13.3. The molecule has 2 aromatic rings. The lowest BCUT2D eigenvalue weighted by atomic mass is 10.2. The van der Waals surface area contributed by atoms with E-state index < -0.39 is 17.7 Å². The third kappa shape index (κ3) is 4.05. The van der Waals surface area contributed by atoms with Crippen molar-refractivity contribution in [1.82, 2.24) is 10.6 Å². The molecule has 0 spiro atoms. The number of hydrogen-bond donors (Lipinski definition) is 2. The van der Waals surface area contributed by atoms with Crippen LogP contribution in [0.5, 0.6) is 0 Å². The lowest BCUT2D eigenvalue weighted by Crippen LogP contribution is -2.34. The second kappa shape index (κ2) is 6.65. The van der Waals surface area contributed by atoms with Gasteiger partial charge in [-0.25, -0.2) is 13.6 Å². The Morgan fingerprint density at radius 3 is 2.35 bits per heavy atom. The Bertz CT molecular complexity index is 588. The molecule has 0 aliphatic rings. The molecule has 20 heavy (non-hydrogen) atoms. The molecule has 0 heterocycles. The summed E-state index contributed by atoms with van der Waals surface area (Å²) in [6, 6.07) is 12.3. The first kappa shape index (κ1) is 14.0. The Hall–Kier alpha value is -2.43. The first-order chi connectivity index (χ1) is 9.65. The number of urea groups is 1. The van der Waals surface area contributed by atoms with Crippen LogP contribution < -0.4 is 10.6 Å². The van der Waals surface area contributed by atoms with Crippen molar-refractivity contribution in [3.8, 4) is 0 Å². The molecule has 0 saturated heterocycles. The molecular weight excluding hydrogens is 262 g/mol. The molecule has 0 saturated carbocycles. The van der Waals surface area contributed by atoms with E-state index in [0.29, 0.717) is 6.54 Å². The van der Waals surface area contributed by atoms with Gasteiger partial charge in [-0.05, 0) is 11.6 Å². The van der Waals surface area contributed by atoms with Gasteiger partial charge in [0.25, 0.3) is 0 Å². The van der Waals surface area contributed by atoms with Crippen molar-refractivity contribution in [2.45, 2.75) is 13.1 Å². The molecule has 0 aromatic heterocycles. The zero-order chi connectivity index (χ0) is 14.4. The van der Waals surface area contributed by atoms with Crippen molar-refractivity contribution in [3.05, 3.63) is 71.3 Å². The fraction of sp³-hybridized carbons (Fsp3) is 0.133. The quantitative estimate of drug-likeness (QED) is 0.885. The van der Waals surface area contributed by atoms with E-state index in [1.165, 1.54) is 6.07 Å². The van der Waals surface area contributed by atoms with E-state index in [2.05, 4.69) is 10.6 Å². The van der Waals surface area contributed by atoms with Crippen LogP contribution in [0.1, 0.15) is 11.1 Å². The maximum Gasteiger partial charge on any atom is 0.315 e. The fourth-order valence-corrected chi connectivity index (χ4v) is 1.68. The number of benzene rings is 2. The lowest BCUT2D eigenvalue weighted by Gasteiger charge is -2.08. The van der Waals surface area contributed by atoms with Gasteiger partial charge >= 0.3 is 6.03 Å². The zero-order valence-corrected chi connectivity index (χ0v) is 10.7. The van der Waals surface area contributed by atoms with Crippen molar-refractivity contribution in [2.75, 3.05) is 0 Å². The molecule has 0 fully saturated rings. The Balaban J connectivity index is 1.80. The third-order valence-corrected chi connectivity index (χ3v) is 2.75. The van der Waals surface area contributed by atoms with Gasteiger partial charge in [-0.3, -0.25) is 0 Å². The first-order valence-corrected chi connectivity index (χ1v) is 6.15. The normalized spacial score (nSPS) is 10.1. The van der Waals surface area contributed by atoms with Crippen molar-refractivity contribution < 1.29 is 13.6 Å². The summed E-state index contributed by atoms with van der Waals surface area (Å²) >= 11 is 0. The van der Waals surface area contributed by atoms with Gasteiger partial charge in [0, 0.05) is 24.7 Å². The molecule has 5 heteroatoms. The van der Waals surface area contributed by atoms with Crippen LogP contribution in [0.25, 0.3) is 0 Å². The van der Waals surface area contributed by atoms with Crippen molar-refractivity contribution in [3.63, 3.8) is 0 Å². The topological polar surface area (TPSA) is 41.1 Å². The lowest BCUT2D eigenvalue weighted by molar-refractivity contribution is 0.240. The van der Waals surface area contributed by atoms with E-state index in [9.17, 15) is 13.6 Å². The van der Waals surface area contributed by atoms with Crippen molar-refractivity contribution in [1.29, 1.82) is 0 Å². The summed E-state index contributed by atoms with van der Waals surface area (Å²) < 4.78 is 26.1. The Labute approximate surface area is 115 Å². The number of carbonyl (C=O) groups is 1. The second-order valence-electron chi connectivity index (χ2n) is 4.26. The van der Waals surface area contributed by atoms with E-state index >= 15 is 0 Å². The number of halogens is 2. The second-order valence-corrected chi connectivity index (χ2v) is 4.26. The SMILES string of the molecule is O=C(NCc1ccccc1)NCc1ccc(F)cc1F. The van der Waals surface area contributed by atoms with Gasteiger partial charge in [0.2, 0.25) is 0 Å². The van der Waals surface area contributed by atoms with Crippen LogP contribution in [0.15, 0.2) is 48.5 Å². The summed E-state index contributed by atoms with van der Waals surface area (Å²) in [4.78, 5) is 11.5. The molecular formula is C15H14F2N2O. The number of hydrogen-bond acceptors (Lipinski definition) is 1. The summed E-state index contributed by atoms with van der Waals surface area (Å²) in [6.45, 7) is 0.394. The number of carbonyl (C=O) groups excluding carboxylic acids is 1. The van der Waals surface area contributed by atoms with Gasteiger partial charge in [0.1, 0.15) is 11.6 Å². The van der Waals surface area contributed by atoms with E-state index in [1.54, 1.807) is 0 Å². The standard InChI is InChI=1S/C15H14F2N2O/c16-13-7-6-12(14(17)8-13)10-19-15(20)18-9-11-4-2-1-3-5-11/h1-8H,9-10H2,(H2,18,19,20). The van der Waals surface area contributed by atoms with Crippen molar-refractivity contribution >= 4 is 6.03 Å². The van der Waals surface area contributed by atoms with Crippen molar-refractivity contribution in [2.24, 2.45) is 0 Å². The van der Waals surface area contributed by atoms with Gasteiger partial charge in [-0.1, -0.05) is 36.4 Å². The minimum absolute atomic E-state index is 0.00668. The Morgan fingerprint density at radius 2 is 1.65 bits per heavy atom. The van der Waals surface area contributed by atoms with Crippen LogP contribution in [0.4, 0.5) is 13.6 Å². The van der Waals surface area contributed by atoms with Gasteiger partial charge in [-0.2, -0.15) is 0 Å². The molecule has 3 nitrogen and oxygen atoms in total. The fourth-order valence-electron chi connectivity index (χ4n) is 1.68. The van der Waals surface area contributed by atoms with E-state index in [1.807, 2.05) is 30.3 Å². The highest BCUT2D eigenvalue weighted by atomic mass is 19.1. The van der Waals surface area contributed by atoms with Crippen LogP contribution in [0, 0.1) is 11.6 Å². The maximum absolute atomic E-state index is 13.3. The molecule has 0 aliphatic heterocycles. The van der Waals surface area contributed by atoms with Gasteiger partial charge < -0.3 is 10.6 Å². The predicted molar refractivity (Wildman–Crippen MR) is 71.9 cm³/mol. The highest BCUT2D eigenvalue weighted by Gasteiger charge is 2.05. The van der Waals surface area contributed by atoms with Crippen LogP contribution in [-0.2, 0) is 13.1 Å². The molecule has 2 N–H and O–H groups in total.